The molecular formula is C76H126O6. The van der Waals surface area contributed by atoms with Gasteiger partial charge < -0.3 is 14.2 Å². The standard InChI is InChI=1S/C76H126O6/c1-4-7-10-13-16-19-22-25-28-31-34-35-36-37-38-39-40-41-43-45-48-51-54-57-60-63-66-69-75(78)81-72-73(71-80-74(77)68-65-62-59-56-53-50-47-44-33-30-27-24-21-18-15-12-9-6-3)82-76(79)70-67-64-61-58-55-52-49-46-42-32-29-26-23-20-17-14-11-8-5-2/h7-8,10-11,16-17,19-21,24-26,28-30,33-35,37-38,42,46,73H,4-6,9,12-15,18,22-23,27,31-32,36,39-41,43-45,47-72H2,1-3H3/b10-7-,11-8-,19-16-,20-17-,24-21-,28-25-,29-26-,33-30-,35-34-,38-37-,46-42-. The highest BCUT2D eigenvalue weighted by Crippen LogP contribution is 2.16. The van der Waals surface area contributed by atoms with Crippen molar-refractivity contribution in [1.82, 2.24) is 0 Å². The predicted octanol–water partition coefficient (Wildman–Crippen LogP) is 23.7. The molecule has 0 aliphatic heterocycles. The molecular weight excluding hydrogens is 1010 g/mol. The molecule has 0 bridgehead atoms. The van der Waals surface area contributed by atoms with Crippen LogP contribution in [0.2, 0.25) is 0 Å². The zero-order chi connectivity index (χ0) is 59.2. The second-order valence-corrected chi connectivity index (χ2v) is 22.3. The Balaban J connectivity index is 4.40. The first-order chi connectivity index (χ1) is 40.5. The molecule has 466 valence electrons. The molecule has 0 N–H and O–H groups in total. The van der Waals surface area contributed by atoms with Crippen LogP contribution in [0.3, 0.4) is 0 Å². The molecule has 0 radical (unpaired) electrons. The lowest BCUT2D eigenvalue weighted by atomic mass is 10.0. The van der Waals surface area contributed by atoms with Crippen LogP contribution in [-0.4, -0.2) is 37.2 Å². The maximum Gasteiger partial charge on any atom is 0.306 e. The summed E-state index contributed by atoms with van der Waals surface area (Å²) in [6.45, 7) is 6.40. The van der Waals surface area contributed by atoms with E-state index in [9.17, 15) is 14.4 Å². The Kier molecular flexibility index (Phi) is 65.3. The van der Waals surface area contributed by atoms with Crippen molar-refractivity contribution in [3.63, 3.8) is 0 Å². The Labute approximate surface area is 506 Å². The van der Waals surface area contributed by atoms with Crippen molar-refractivity contribution in [1.29, 1.82) is 0 Å². The highest BCUT2D eigenvalue weighted by atomic mass is 16.6. The van der Waals surface area contributed by atoms with Crippen molar-refractivity contribution >= 4 is 17.9 Å². The van der Waals surface area contributed by atoms with E-state index >= 15 is 0 Å². The van der Waals surface area contributed by atoms with E-state index in [-0.39, 0.29) is 31.1 Å². The van der Waals surface area contributed by atoms with Gasteiger partial charge in [0.2, 0.25) is 0 Å². The number of hydrogen-bond donors (Lipinski definition) is 0. The first-order valence-corrected chi connectivity index (χ1v) is 34.2. The maximum atomic E-state index is 12.9. The Morgan fingerprint density at radius 3 is 0.744 bits per heavy atom. The van der Waals surface area contributed by atoms with Gasteiger partial charge in [-0.3, -0.25) is 14.4 Å². The minimum absolute atomic E-state index is 0.0907. The Morgan fingerprint density at radius 1 is 0.256 bits per heavy atom. The van der Waals surface area contributed by atoms with Crippen molar-refractivity contribution in [2.45, 2.75) is 316 Å². The summed E-state index contributed by atoms with van der Waals surface area (Å²) >= 11 is 0. The topological polar surface area (TPSA) is 78.9 Å². The molecule has 0 saturated heterocycles. The van der Waals surface area contributed by atoms with Crippen LogP contribution in [0.4, 0.5) is 0 Å². The number of ether oxygens (including phenoxy) is 3. The summed E-state index contributed by atoms with van der Waals surface area (Å²) in [5.74, 6) is -0.908. The number of allylic oxidation sites excluding steroid dienone is 22. The maximum absolute atomic E-state index is 12.9. The van der Waals surface area contributed by atoms with Gasteiger partial charge in [-0.25, -0.2) is 0 Å². The molecule has 6 nitrogen and oxygen atoms in total. The lowest BCUT2D eigenvalue weighted by Crippen LogP contribution is -2.30. The first kappa shape index (κ1) is 77.5. The molecule has 0 fully saturated rings. The molecule has 1 atom stereocenters. The Bertz CT molecular complexity index is 1730. The van der Waals surface area contributed by atoms with Crippen LogP contribution in [-0.2, 0) is 28.6 Å². The predicted molar refractivity (Wildman–Crippen MR) is 357 cm³/mol. The smallest absolute Gasteiger partial charge is 0.306 e. The normalized spacial score (nSPS) is 13.0. The third-order valence-electron chi connectivity index (χ3n) is 14.4. The number of rotatable bonds is 61. The molecule has 82 heavy (non-hydrogen) atoms. The van der Waals surface area contributed by atoms with Crippen LogP contribution in [0.5, 0.6) is 0 Å². The average Bonchev–Trinajstić information content (AvgIpc) is 3.47. The van der Waals surface area contributed by atoms with E-state index in [2.05, 4.69) is 154 Å². The second-order valence-electron chi connectivity index (χ2n) is 22.3. The van der Waals surface area contributed by atoms with E-state index in [1.807, 2.05) is 0 Å². The van der Waals surface area contributed by atoms with Crippen LogP contribution < -0.4 is 0 Å². The Hall–Kier alpha value is -4.45. The van der Waals surface area contributed by atoms with E-state index < -0.39 is 6.10 Å². The second kappa shape index (κ2) is 69.0. The van der Waals surface area contributed by atoms with Crippen LogP contribution in [0.15, 0.2) is 134 Å². The van der Waals surface area contributed by atoms with Gasteiger partial charge in [0.05, 0.1) is 0 Å². The molecule has 0 rings (SSSR count). The van der Waals surface area contributed by atoms with Crippen molar-refractivity contribution in [3.05, 3.63) is 134 Å². The number of carbonyl (C=O) groups excluding carboxylic acids is 3. The van der Waals surface area contributed by atoms with Gasteiger partial charge in [-0.15, -0.1) is 0 Å². The molecule has 0 heterocycles. The van der Waals surface area contributed by atoms with E-state index in [0.717, 1.165) is 141 Å². The zero-order valence-electron chi connectivity index (χ0n) is 53.5. The third kappa shape index (κ3) is 66.4. The van der Waals surface area contributed by atoms with Crippen molar-refractivity contribution in [2.75, 3.05) is 13.2 Å². The minimum Gasteiger partial charge on any atom is -0.462 e. The van der Waals surface area contributed by atoms with E-state index in [1.54, 1.807) is 0 Å². The van der Waals surface area contributed by atoms with Gasteiger partial charge in [0.15, 0.2) is 6.10 Å². The summed E-state index contributed by atoms with van der Waals surface area (Å²) in [4.78, 5) is 38.5. The number of carbonyl (C=O) groups is 3. The van der Waals surface area contributed by atoms with Gasteiger partial charge in [-0.2, -0.15) is 0 Å². The molecule has 0 aliphatic rings. The summed E-state index contributed by atoms with van der Waals surface area (Å²) in [6.07, 6.45) is 97.4. The molecule has 0 aromatic carbocycles. The molecule has 0 spiro atoms. The van der Waals surface area contributed by atoms with Gasteiger partial charge >= 0.3 is 17.9 Å². The fourth-order valence-electron chi connectivity index (χ4n) is 9.32. The van der Waals surface area contributed by atoms with E-state index in [1.165, 1.54) is 128 Å². The molecule has 0 aromatic rings. The molecule has 1 unspecified atom stereocenters. The highest BCUT2D eigenvalue weighted by molar-refractivity contribution is 5.71. The quantitative estimate of drug-likeness (QED) is 0.0261. The summed E-state index contributed by atoms with van der Waals surface area (Å²) in [5.41, 5.74) is 0. The first-order valence-electron chi connectivity index (χ1n) is 34.2. The number of esters is 3. The average molecular weight is 1140 g/mol. The molecule has 0 amide bonds. The summed E-state index contributed by atoms with van der Waals surface area (Å²) in [6, 6.07) is 0. The number of unbranched alkanes of at least 4 members (excludes halogenated alkanes) is 28. The van der Waals surface area contributed by atoms with Gasteiger partial charge in [-0.05, 0) is 135 Å². The van der Waals surface area contributed by atoms with Crippen molar-refractivity contribution in [3.8, 4) is 0 Å². The van der Waals surface area contributed by atoms with Crippen molar-refractivity contribution < 1.29 is 28.6 Å². The molecule has 0 aromatic heterocycles. The minimum atomic E-state index is -0.797. The van der Waals surface area contributed by atoms with Crippen LogP contribution in [0, 0.1) is 0 Å². The van der Waals surface area contributed by atoms with Crippen molar-refractivity contribution in [2.24, 2.45) is 0 Å². The highest BCUT2D eigenvalue weighted by Gasteiger charge is 2.19. The van der Waals surface area contributed by atoms with Crippen LogP contribution in [0.25, 0.3) is 0 Å². The SMILES string of the molecule is CC/C=C\C/C=C\C/C=C\C/C=C\C/C=C\CCCCCCCCCCCCCC(=O)OCC(COC(=O)CCCCCCCCC/C=C\C/C=C\CCCCCC)OC(=O)CCCCCCCC/C=C\C/C=C\C/C=C\C/C=C\CC. The molecule has 6 heteroatoms. The largest absolute Gasteiger partial charge is 0.462 e. The number of hydrogen-bond acceptors (Lipinski definition) is 6. The summed E-state index contributed by atoms with van der Waals surface area (Å²) < 4.78 is 17.0. The monoisotopic (exact) mass is 1130 g/mol. The Morgan fingerprint density at radius 2 is 0.476 bits per heavy atom. The van der Waals surface area contributed by atoms with E-state index in [0.29, 0.717) is 19.3 Å². The summed E-state index contributed by atoms with van der Waals surface area (Å²) in [7, 11) is 0. The van der Waals surface area contributed by atoms with Gasteiger partial charge in [0, 0.05) is 19.3 Å². The zero-order valence-corrected chi connectivity index (χ0v) is 53.5. The molecule has 0 aliphatic carbocycles. The van der Waals surface area contributed by atoms with Gasteiger partial charge in [-0.1, -0.05) is 289 Å². The van der Waals surface area contributed by atoms with Gasteiger partial charge in [0.25, 0.3) is 0 Å². The fourth-order valence-corrected chi connectivity index (χ4v) is 9.32. The molecule has 0 saturated carbocycles. The van der Waals surface area contributed by atoms with Crippen LogP contribution in [0.1, 0.15) is 310 Å². The van der Waals surface area contributed by atoms with Gasteiger partial charge in [0.1, 0.15) is 13.2 Å². The summed E-state index contributed by atoms with van der Waals surface area (Å²) in [5, 5.41) is 0. The van der Waals surface area contributed by atoms with Crippen LogP contribution >= 0.6 is 0 Å². The van der Waals surface area contributed by atoms with E-state index in [4.69, 9.17) is 14.2 Å². The fraction of sp³-hybridized carbons (Fsp3) is 0.671. The lowest BCUT2D eigenvalue weighted by molar-refractivity contribution is -0.167. The lowest BCUT2D eigenvalue weighted by Gasteiger charge is -2.18. The third-order valence-corrected chi connectivity index (χ3v) is 14.4.